The molecule has 3 nitrogen and oxygen atoms in total. The number of aryl methyl sites for hydroxylation is 2. The monoisotopic (exact) mass is 274 g/mol. The first-order chi connectivity index (χ1) is 9.00. The Hall–Kier alpha value is -1.68. The van der Waals surface area contributed by atoms with Crippen LogP contribution in [0.25, 0.3) is 0 Å². The predicted molar refractivity (Wildman–Crippen MR) is 80.1 cm³/mol. The van der Waals surface area contributed by atoms with Crippen LogP contribution in [0.1, 0.15) is 47.1 Å². The van der Waals surface area contributed by atoms with Gasteiger partial charge in [-0.25, -0.2) is 0 Å². The van der Waals surface area contributed by atoms with Crippen molar-refractivity contribution in [3.05, 3.63) is 46.6 Å². The quantitative estimate of drug-likeness (QED) is 0.852. The fourth-order valence-corrected chi connectivity index (χ4v) is 3.16. The van der Waals surface area contributed by atoms with E-state index in [4.69, 9.17) is 0 Å². The maximum absolute atomic E-state index is 11.7. The molecular weight excluding hydrogens is 256 g/mol. The first-order valence-electron chi connectivity index (χ1n) is 6.30. The molecule has 1 aromatic heterocycles. The summed E-state index contributed by atoms with van der Waals surface area (Å²) in [6, 6.07) is 8.42. The summed E-state index contributed by atoms with van der Waals surface area (Å²) in [5.41, 5.74) is 4.00. The van der Waals surface area contributed by atoms with Gasteiger partial charge >= 0.3 is 0 Å². The standard InChI is InChI=1S/C15H18N2OS/c1-9-7-5-6-8-13(9)10(2)16-15-14(12(4)18)11(3)17-19-15/h5-8,10,16H,1-4H3. The molecule has 0 saturated carbocycles. The number of benzene rings is 1. The van der Waals surface area contributed by atoms with Gasteiger partial charge in [0.05, 0.1) is 11.3 Å². The molecule has 1 N–H and O–H groups in total. The first kappa shape index (κ1) is 13.7. The molecule has 1 unspecified atom stereocenters. The third kappa shape index (κ3) is 2.84. The highest BCUT2D eigenvalue weighted by molar-refractivity contribution is 7.10. The number of Topliss-reactive ketones (excluding diaryl/α,β-unsaturated/α-hetero) is 1. The predicted octanol–water partition coefficient (Wildman–Crippen LogP) is 4.14. The number of aromatic nitrogens is 1. The summed E-state index contributed by atoms with van der Waals surface area (Å²) in [5.74, 6) is 0.0609. The number of hydrogen-bond donors (Lipinski definition) is 1. The molecule has 2 rings (SSSR count). The molecule has 0 radical (unpaired) electrons. The normalized spacial score (nSPS) is 12.2. The number of nitrogens with one attached hydrogen (secondary N) is 1. The van der Waals surface area contributed by atoms with Crippen molar-refractivity contribution in [1.82, 2.24) is 4.37 Å². The van der Waals surface area contributed by atoms with Crippen LogP contribution in [0.2, 0.25) is 0 Å². The SMILES string of the molecule is CC(=O)c1c(C)nsc1NC(C)c1ccccc1C. The van der Waals surface area contributed by atoms with Gasteiger partial charge in [-0.1, -0.05) is 24.3 Å². The number of hydrogen-bond acceptors (Lipinski definition) is 4. The smallest absolute Gasteiger partial charge is 0.164 e. The number of carbonyl (C=O) groups is 1. The molecule has 0 fully saturated rings. The van der Waals surface area contributed by atoms with E-state index in [-0.39, 0.29) is 11.8 Å². The highest BCUT2D eigenvalue weighted by atomic mass is 32.1. The van der Waals surface area contributed by atoms with E-state index >= 15 is 0 Å². The van der Waals surface area contributed by atoms with Crippen molar-refractivity contribution in [2.75, 3.05) is 5.32 Å². The van der Waals surface area contributed by atoms with Crippen LogP contribution in [-0.2, 0) is 0 Å². The third-order valence-electron chi connectivity index (χ3n) is 3.22. The minimum absolute atomic E-state index is 0.0609. The van der Waals surface area contributed by atoms with E-state index in [1.807, 2.05) is 19.1 Å². The minimum atomic E-state index is 0.0609. The number of anilines is 1. The van der Waals surface area contributed by atoms with Gasteiger partial charge in [-0.05, 0) is 50.4 Å². The van der Waals surface area contributed by atoms with Crippen LogP contribution >= 0.6 is 11.5 Å². The van der Waals surface area contributed by atoms with Crippen LogP contribution in [0, 0.1) is 13.8 Å². The Balaban J connectivity index is 2.27. The lowest BCUT2D eigenvalue weighted by molar-refractivity contribution is 0.101. The molecular formula is C15H18N2OS. The lowest BCUT2D eigenvalue weighted by Crippen LogP contribution is -2.09. The van der Waals surface area contributed by atoms with Crippen molar-refractivity contribution < 1.29 is 4.79 Å². The highest BCUT2D eigenvalue weighted by Gasteiger charge is 2.17. The molecule has 0 saturated heterocycles. The van der Waals surface area contributed by atoms with E-state index in [2.05, 4.69) is 35.7 Å². The number of carbonyl (C=O) groups excluding carboxylic acids is 1. The van der Waals surface area contributed by atoms with Gasteiger partial charge in [0.1, 0.15) is 5.00 Å². The molecule has 4 heteroatoms. The lowest BCUT2D eigenvalue weighted by atomic mass is 10.0. The van der Waals surface area contributed by atoms with E-state index in [0.29, 0.717) is 5.56 Å². The Morgan fingerprint density at radius 1 is 1.32 bits per heavy atom. The zero-order valence-corrected chi connectivity index (χ0v) is 12.5. The number of nitrogens with zero attached hydrogens (tertiary/aromatic N) is 1. The van der Waals surface area contributed by atoms with Gasteiger partial charge in [0.25, 0.3) is 0 Å². The first-order valence-corrected chi connectivity index (χ1v) is 7.07. The van der Waals surface area contributed by atoms with Crippen molar-refractivity contribution in [2.45, 2.75) is 33.7 Å². The fraction of sp³-hybridized carbons (Fsp3) is 0.333. The minimum Gasteiger partial charge on any atom is -0.369 e. The van der Waals surface area contributed by atoms with Crippen LogP contribution in [0.4, 0.5) is 5.00 Å². The van der Waals surface area contributed by atoms with E-state index in [1.54, 1.807) is 6.92 Å². The Labute approximate surface area is 117 Å². The van der Waals surface area contributed by atoms with E-state index < -0.39 is 0 Å². The molecule has 0 aliphatic rings. The maximum atomic E-state index is 11.7. The van der Waals surface area contributed by atoms with Crippen LogP contribution < -0.4 is 5.32 Å². The average molecular weight is 274 g/mol. The van der Waals surface area contributed by atoms with Gasteiger partial charge in [0.15, 0.2) is 5.78 Å². The number of rotatable bonds is 4. The van der Waals surface area contributed by atoms with Gasteiger partial charge in [-0.15, -0.1) is 0 Å². The van der Waals surface area contributed by atoms with Gasteiger partial charge in [0.2, 0.25) is 0 Å². The van der Waals surface area contributed by atoms with E-state index in [9.17, 15) is 4.79 Å². The molecule has 0 aliphatic heterocycles. The zero-order valence-electron chi connectivity index (χ0n) is 11.7. The Kier molecular flexibility index (Phi) is 4.00. The van der Waals surface area contributed by atoms with Crippen LogP contribution in [0.3, 0.4) is 0 Å². The van der Waals surface area contributed by atoms with Crippen molar-refractivity contribution in [2.24, 2.45) is 0 Å². The summed E-state index contributed by atoms with van der Waals surface area (Å²) in [5, 5.41) is 4.27. The van der Waals surface area contributed by atoms with Crippen molar-refractivity contribution >= 4 is 22.3 Å². The zero-order chi connectivity index (χ0) is 14.0. The largest absolute Gasteiger partial charge is 0.369 e. The Bertz CT molecular complexity index is 604. The summed E-state index contributed by atoms with van der Waals surface area (Å²) in [6.07, 6.45) is 0. The number of ketones is 1. The van der Waals surface area contributed by atoms with E-state index in [1.165, 1.54) is 22.7 Å². The van der Waals surface area contributed by atoms with E-state index in [0.717, 1.165) is 10.7 Å². The van der Waals surface area contributed by atoms with Crippen molar-refractivity contribution in [1.29, 1.82) is 0 Å². The Morgan fingerprint density at radius 3 is 2.63 bits per heavy atom. The molecule has 1 heterocycles. The summed E-state index contributed by atoms with van der Waals surface area (Å²) >= 11 is 1.35. The van der Waals surface area contributed by atoms with Gasteiger partial charge in [-0.3, -0.25) is 4.79 Å². The van der Waals surface area contributed by atoms with Crippen molar-refractivity contribution in [3.63, 3.8) is 0 Å². The summed E-state index contributed by atoms with van der Waals surface area (Å²) < 4.78 is 4.27. The maximum Gasteiger partial charge on any atom is 0.164 e. The summed E-state index contributed by atoms with van der Waals surface area (Å²) in [7, 11) is 0. The molecule has 0 bridgehead atoms. The average Bonchev–Trinajstić information content (AvgIpc) is 2.70. The molecule has 0 amide bonds. The van der Waals surface area contributed by atoms with Crippen LogP contribution in [-0.4, -0.2) is 10.2 Å². The summed E-state index contributed by atoms with van der Waals surface area (Å²) in [6.45, 7) is 7.65. The molecule has 0 aliphatic carbocycles. The second kappa shape index (κ2) is 5.53. The molecule has 100 valence electrons. The fourth-order valence-electron chi connectivity index (χ4n) is 2.23. The summed E-state index contributed by atoms with van der Waals surface area (Å²) in [4.78, 5) is 11.7. The van der Waals surface area contributed by atoms with Gasteiger partial charge in [0, 0.05) is 6.04 Å². The van der Waals surface area contributed by atoms with Crippen LogP contribution in [0.15, 0.2) is 24.3 Å². The molecule has 1 atom stereocenters. The lowest BCUT2D eigenvalue weighted by Gasteiger charge is -2.17. The molecule has 1 aromatic carbocycles. The highest BCUT2D eigenvalue weighted by Crippen LogP contribution is 2.29. The second-order valence-corrected chi connectivity index (χ2v) is 5.52. The topological polar surface area (TPSA) is 42.0 Å². The van der Waals surface area contributed by atoms with Crippen LogP contribution in [0.5, 0.6) is 0 Å². The second-order valence-electron chi connectivity index (χ2n) is 4.75. The van der Waals surface area contributed by atoms with Crippen molar-refractivity contribution in [3.8, 4) is 0 Å². The van der Waals surface area contributed by atoms with Gasteiger partial charge in [-0.2, -0.15) is 4.37 Å². The Morgan fingerprint density at radius 2 is 2.00 bits per heavy atom. The molecule has 2 aromatic rings. The van der Waals surface area contributed by atoms with Gasteiger partial charge < -0.3 is 5.32 Å². The molecule has 19 heavy (non-hydrogen) atoms. The molecule has 0 spiro atoms. The third-order valence-corrected chi connectivity index (χ3v) is 4.09.